The SMILES string of the molecule is CC1CC(OC2CCCCO2)=CC=C1c1cccn2c(Br)cnc12. The lowest BCUT2D eigenvalue weighted by Crippen LogP contribution is -2.23. The molecule has 0 amide bonds. The monoisotopic (exact) mass is 388 g/mol. The van der Waals surface area contributed by atoms with Crippen molar-refractivity contribution in [2.45, 2.75) is 38.9 Å². The summed E-state index contributed by atoms with van der Waals surface area (Å²) in [7, 11) is 0. The van der Waals surface area contributed by atoms with Crippen LogP contribution in [0.15, 0.2) is 47.0 Å². The van der Waals surface area contributed by atoms with Gasteiger partial charge in [-0.25, -0.2) is 4.98 Å². The van der Waals surface area contributed by atoms with Gasteiger partial charge in [-0.05, 0) is 58.5 Å². The standard InChI is InChI=1S/C19H21BrN2O2/c1-13-11-14(24-18-6-2-3-10-23-18)7-8-15(13)16-5-4-9-22-17(20)12-21-19(16)22/h4-5,7-9,12-13,18H,2-3,6,10-11H2,1H3. The third-order valence-electron chi connectivity index (χ3n) is 4.71. The zero-order valence-corrected chi connectivity index (χ0v) is 15.3. The smallest absolute Gasteiger partial charge is 0.199 e. The van der Waals surface area contributed by atoms with Crippen molar-refractivity contribution in [3.63, 3.8) is 0 Å². The van der Waals surface area contributed by atoms with E-state index in [1.54, 1.807) is 0 Å². The second kappa shape index (κ2) is 6.73. The number of hydrogen-bond donors (Lipinski definition) is 0. The summed E-state index contributed by atoms with van der Waals surface area (Å²) >= 11 is 3.54. The largest absolute Gasteiger partial charge is 0.469 e. The van der Waals surface area contributed by atoms with Gasteiger partial charge in [0.05, 0.1) is 12.8 Å². The van der Waals surface area contributed by atoms with Crippen LogP contribution >= 0.6 is 15.9 Å². The highest BCUT2D eigenvalue weighted by Crippen LogP contribution is 2.35. The number of hydrogen-bond acceptors (Lipinski definition) is 3. The van der Waals surface area contributed by atoms with Crippen LogP contribution in [0.4, 0.5) is 0 Å². The summed E-state index contributed by atoms with van der Waals surface area (Å²) in [5, 5.41) is 0. The van der Waals surface area contributed by atoms with Gasteiger partial charge >= 0.3 is 0 Å². The molecule has 2 aromatic heterocycles. The highest BCUT2D eigenvalue weighted by molar-refractivity contribution is 9.10. The molecule has 1 fully saturated rings. The Morgan fingerprint density at radius 1 is 1.33 bits per heavy atom. The third kappa shape index (κ3) is 3.03. The fourth-order valence-corrected chi connectivity index (χ4v) is 3.84. The highest BCUT2D eigenvalue weighted by atomic mass is 79.9. The number of pyridine rings is 1. The van der Waals surface area contributed by atoms with Crippen LogP contribution in [0, 0.1) is 5.92 Å². The van der Waals surface area contributed by atoms with E-state index in [9.17, 15) is 0 Å². The first-order valence-electron chi connectivity index (χ1n) is 8.53. The maximum atomic E-state index is 6.04. The van der Waals surface area contributed by atoms with Crippen molar-refractivity contribution in [2.24, 2.45) is 5.92 Å². The Morgan fingerprint density at radius 3 is 3.04 bits per heavy atom. The van der Waals surface area contributed by atoms with Gasteiger partial charge < -0.3 is 9.47 Å². The number of aromatic nitrogens is 2. The van der Waals surface area contributed by atoms with Crippen LogP contribution in [0.2, 0.25) is 0 Å². The minimum absolute atomic E-state index is 0.0705. The summed E-state index contributed by atoms with van der Waals surface area (Å²) in [5.74, 6) is 1.41. The number of allylic oxidation sites excluding steroid dienone is 4. The third-order valence-corrected chi connectivity index (χ3v) is 5.30. The van der Waals surface area contributed by atoms with E-state index in [0.29, 0.717) is 5.92 Å². The molecule has 0 bridgehead atoms. The minimum Gasteiger partial charge on any atom is -0.469 e. The lowest BCUT2D eigenvalue weighted by atomic mass is 9.87. The second-order valence-electron chi connectivity index (χ2n) is 6.47. The van der Waals surface area contributed by atoms with Crippen LogP contribution in [0.3, 0.4) is 0 Å². The van der Waals surface area contributed by atoms with E-state index in [4.69, 9.17) is 9.47 Å². The summed E-state index contributed by atoms with van der Waals surface area (Å²) in [6, 6.07) is 4.20. The van der Waals surface area contributed by atoms with E-state index in [-0.39, 0.29) is 6.29 Å². The van der Waals surface area contributed by atoms with E-state index >= 15 is 0 Å². The number of nitrogens with zero attached hydrogens (tertiary/aromatic N) is 2. The molecular formula is C19H21BrN2O2. The van der Waals surface area contributed by atoms with Crippen LogP contribution in [0.25, 0.3) is 11.2 Å². The van der Waals surface area contributed by atoms with E-state index < -0.39 is 0 Å². The number of rotatable bonds is 3. The fraction of sp³-hybridized carbons (Fsp3) is 0.421. The van der Waals surface area contributed by atoms with Crippen LogP contribution < -0.4 is 0 Å². The van der Waals surface area contributed by atoms with E-state index in [2.05, 4.69) is 56.5 Å². The normalized spacial score (nSPS) is 24.6. The maximum absolute atomic E-state index is 6.04. The van der Waals surface area contributed by atoms with Crippen LogP contribution in [-0.4, -0.2) is 22.3 Å². The molecule has 24 heavy (non-hydrogen) atoms. The molecule has 0 spiro atoms. The van der Waals surface area contributed by atoms with Gasteiger partial charge in [0.15, 0.2) is 6.29 Å². The van der Waals surface area contributed by atoms with Crippen molar-refractivity contribution in [1.29, 1.82) is 0 Å². The summed E-state index contributed by atoms with van der Waals surface area (Å²) in [4.78, 5) is 4.54. The minimum atomic E-state index is -0.0705. The van der Waals surface area contributed by atoms with Crippen LogP contribution in [0.1, 0.15) is 38.2 Å². The van der Waals surface area contributed by atoms with Crippen molar-refractivity contribution in [3.8, 4) is 0 Å². The molecule has 2 atom stereocenters. The van der Waals surface area contributed by atoms with E-state index in [1.165, 1.54) is 17.6 Å². The number of ether oxygens (including phenoxy) is 2. The van der Waals surface area contributed by atoms with Gasteiger partial charge in [0.1, 0.15) is 16.0 Å². The topological polar surface area (TPSA) is 35.8 Å². The molecule has 2 aromatic rings. The molecule has 1 aliphatic carbocycles. The summed E-state index contributed by atoms with van der Waals surface area (Å²) in [5.41, 5.74) is 3.46. The molecule has 2 aliphatic rings. The average molecular weight is 389 g/mol. The Morgan fingerprint density at radius 2 is 2.25 bits per heavy atom. The number of halogens is 1. The zero-order valence-electron chi connectivity index (χ0n) is 13.7. The highest BCUT2D eigenvalue weighted by Gasteiger charge is 2.23. The van der Waals surface area contributed by atoms with Gasteiger partial charge in [-0.15, -0.1) is 0 Å². The van der Waals surface area contributed by atoms with Gasteiger partial charge in [-0.3, -0.25) is 4.40 Å². The molecule has 0 N–H and O–H groups in total. The molecule has 4 rings (SSSR count). The van der Waals surface area contributed by atoms with Gasteiger partial charge in [0.25, 0.3) is 0 Å². The predicted octanol–water partition coefficient (Wildman–Crippen LogP) is 4.95. The van der Waals surface area contributed by atoms with Crippen molar-refractivity contribution < 1.29 is 9.47 Å². The Hall–Kier alpha value is -1.59. The number of imidazole rings is 1. The maximum Gasteiger partial charge on any atom is 0.199 e. The van der Waals surface area contributed by atoms with Crippen LogP contribution in [-0.2, 0) is 9.47 Å². The molecule has 0 saturated carbocycles. The molecule has 3 heterocycles. The fourth-order valence-electron chi connectivity index (χ4n) is 3.45. The molecule has 4 nitrogen and oxygen atoms in total. The van der Waals surface area contributed by atoms with Gasteiger partial charge in [-0.2, -0.15) is 0 Å². The van der Waals surface area contributed by atoms with E-state index in [0.717, 1.165) is 41.9 Å². The Labute approximate surface area is 150 Å². The van der Waals surface area contributed by atoms with Gasteiger partial charge in [-0.1, -0.05) is 13.0 Å². The Bertz CT molecular complexity index is 803. The number of fused-ring (bicyclic) bond motifs is 1. The van der Waals surface area contributed by atoms with Crippen molar-refractivity contribution >= 4 is 27.2 Å². The van der Waals surface area contributed by atoms with Gasteiger partial charge in [0, 0.05) is 24.6 Å². The Balaban J connectivity index is 1.61. The summed E-state index contributed by atoms with van der Waals surface area (Å²) < 4.78 is 14.8. The molecule has 1 saturated heterocycles. The second-order valence-corrected chi connectivity index (χ2v) is 7.28. The summed E-state index contributed by atoms with van der Waals surface area (Å²) in [6.07, 6.45) is 12.3. The van der Waals surface area contributed by atoms with Crippen molar-refractivity contribution in [2.75, 3.05) is 6.61 Å². The average Bonchev–Trinajstić information content (AvgIpc) is 2.98. The molecule has 2 unspecified atom stereocenters. The first-order chi connectivity index (χ1) is 11.7. The molecule has 0 aromatic carbocycles. The zero-order chi connectivity index (χ0) is 16.5. The van der Waals surface area contributed by atoms with E-state index in [1.807, 2.05) is 12.4 Å². The molecular weight excluding hydrogens is 368 g/mol. The molecule has 5 heteroatoms. The molecule has 1 aliphatic heterocycles. The molecule has 0 radical (unpaired) electrons. The first-order valence-corrected chi connectivity index (χ1v) is 9.32. The van der Waals surface area contributed by atoms with Gasteiger partial charge in [0.2, 0.25) is 0 Å². The lowest BCUT2D eigenvalue weighted by molar-refractivity contribution is -0.140. The quantitative estimate of drug-likeness (QED) is 0.746. The first kappa shape index (κ1) is 15.9. The summed E-state index contributed by atoms with van der Waals surface area (Å²) in [6.45, 7) is 3.05. The van der Waals surface area contributed by atoms with Crippen molar-refractivity contribution in [1.82, 2.24) is 9.38 Å². The predicted molar refractivity (Wildman–Crippen MR) is 97.4 cm³/mol. The van der Waals surface area contributed by atoms with Crippen molar-refractivity contribution in [3.05, 3.63) is 52.6 Å². The lowest BCUT2D eigenvalue weighted by Gasteiger charge is -2.28. The van der Waals surface area contributed by atoms with Crippen LogP contribution in [0.5, 0.6) is 0 Å². The molecule has 126 valence electrons. The Kier molecular flexibility index (Phi) is 4.46.